The fourth-order valence-corrected chi connectivity index (χ4v) is 3.06. The van der Waals surface area contributed by atoms with Crippen LogP contribution in [0.2, 0.25) is 0 Å². The third-order valence-corrected chi connectivity index (χ3v) is 4.62. The SMILES string of the molecule is COC1CCN(C(=O)c2cc(S(=O)(=O)Cl)c(F)cc2F)C1. The minimum absolute atomic E-state index is 0.159. The van der Waals surface area contributed by atoms with Crippen molar-refractivity contribution in [2.45, 2.75) is 17.4 Å². The normalized spacial score (nSPS) is 19.0. The van der Waals surface area contributed by atoms with Crippen molar-refractivity contribution < 1.29 is 26.7 Å². The molecule has 0 spiro atoms. The molecule has 1 unspecified atom stereocenters. The lowest BCUT2D eigenvalue weighted by Crippen LogP contribution is -2.30. The number of amides is 1. The number of benzene rings is 1. The Morgan fingerprint density at radius 1 is 1.38 bits per heavy atom. The molecule has 116 valence electrons. The zero-order valence-corrected chi connectivity index (χ0v) is 12.5. The third kappa shape index (κ3) is 3.33. The van der Waals surface area contributed by atoms with Crippen molar-refractivity contribution in [2.75, 3.05) is 20.2 Å². The molecule has 1 aromatic rings. The van der Waals surface area contributed by atoms with Crippen LogP contribution in [0.1, 0.15) is 16.8 Å². The maximum absolute atomic E-state index is 13.7. The molecular weight excluding hydrogens is 328 g/mol. The molecule has 1 aliphatic heterocycles. The highest BCUT2D eigenvalue weighted by atomic mass is 35.7. The summed E-state index contributed by atoms with van der Waals surface area (Å²) in [5, 5.41) is 0. The lowest BCUT2D eigenvalue weighted by Gasteiger charge is -2.17. The number of likely N-dealkylation sites (tertiary alicyclic amines) is 1. The van der Waals surface area contributed by atoms with Gasteiger partial charge in [-0.15, -0.1) is 0 Å². The molecule has 21 heavy (non-hydrogen) atoms. The van der Waals surface area contributed by atoms with E-state index in [1.165, 1.54) is 12.0 Å². The van der Waals surface area contributed by atoms with Crippen molar-refractivity contribution in [3.05, 3.63) is 29.3 Å². The summed E-state index contributed by atoms with van der Waals surface area (Å²) in [6.45, 7) is 0.603. The molecule has 1 heterocycles. The molecule has 9 heteroatoms. The molecule has 1 fully saturated rings. The van der Waals surface area contributed by atoms with Crippen LogP contribution in [0.4, 0.5) is 8.78 Å². The Balaban J connectivity index is 2.38. The van der Waals surface area contributed by atoms with Gasteiger partial charge >= 0.3 is 0 Å². The number of ether oxygens (including phenoxy) is 1. The summed E-state index contributed by atoms with van der Waals surface area (Å²) in [4.78, 5) is 12.6. The third-order valence-electron chi connectivity index (χ3n) is 3.28. The van der Waals surface area contributed by atoms with Gasteiger partial charge in [0, 0.05) is 36.9 Å². The highest BCUT2D eigenvalue weighted by molar-refractivity contribution is 8.13. The summed E-state index contributed by atoms with van der Waals surface area (Å²) in [5.41, 5.74) is -0.535. The van der Waals surface area contributed by atoms with E-state index in [1.54, 1.807) is 0 Å². The fourth-order valence-electron chi connectivity index (χ4n) is 2.16. The Labute approximate surface area is 124 Å². The molecular formula is C12H12ClF2NO4S. The first kappa shape index (κ1) is 16.1. The highest BCUT2D eigenvalue weighted by Crippen LogP contribution is 2.25. The van der Waals surface area contributed by atoms with Crippen LogP contribution in [0, 0.1) is 11.6 Å². The Morgan fingerprint density at radius 3 is 2.57 bits per heavy atom. The van der Waals surface area contributed by atoms with Crippen molar-refractivity contribution in [3.8, 4) is 0 Å². The standard InChI is InChI=1S/C12H12ClF2NO4S/c1-20-7-2-3-16(6-7)12(17)8-4-11(21(13,18)19)10(15)5-9(8)14/h4-5,7H,2-3,6H2,1H3. The molecule has 0 bridgehead atoms. The van der Waals surface area contributed by atoms with Gasteiger partial charge in [0.15, 0.2) is 0 Å². The number of hydrogen-bond donors (Lipinski definition) is 0. The molecule has 1 amide bonds. The lowest BCUT2D eigenvalue weighted by molar-refractivity contribution is 0.0719. The van der Waals surface area contributed by atoms with Crippen LogP contribution in [-0.2, 0) is 13.8 Å². The van der Waals surface area contributed by atoms with E-state index in [0.29, 0.717) is 25.1 Å². The van der Waals surface area contributed by atoms with E-state index >= 15 is 0 Å². The predicted octanol–water partition coefficient (Wildman–Crippen LogP) is 1.75. The Bertz CT molecular complexity index is 680. The summed E-state index contributed by atoms with van der Waals surface area (Å²) in [6, 6.07) is 0.960. The summed E-state index contributed by atoms with van der Waals surface area (Å²) < 4.78 is 54.7. The summed E-state index contributed by atoms with van der Waals surface area (Å²) in [5.74, 6) is -3.20. The minimum atomic E-state index is -4.41. The average Bonchev–Trinajstić information content (AvgIpc) is 2.85. The second-order valence-electron chi connectivity index (χ2n) is 4.60. The quantitative estimate of drug-likeness (QED) is 0.787. The average molecular weight is 340 g/mol. The summed E-state index contributed by atoms with van der Waals surface area (Å²) in [7, 11) is 2.15. The zero-order valence-electron chi connectivity index (χ0n) is 11.0. The van der Waals surface area contributed by atoms with Crippen LogP contribution >= 0.6 is 10.7 Å². The number of carbonyl (C=O) groups is 1. The highest BCUT2D eigenvalue weighted by Gasteiger charge is 2.30. The maximum Gasteiger partial charge on any atom is 0.264 e. The minimum Gasteiger partial charge on any atom is -0.380 e. The molecule has 0 saturated carbocycles. The van der Waals surface area contributed by atoms with Gasteiger partial charge in [-0.1, -0.05) is 0 Å². The van der Waals surface area contributed by atoms with E-state index < -0.39 is 37.1 Å². The number of methoxy groups -OCH3 is 1. The largest absolute Gasteiger partial charge is 0.380 e. The second kappa shape index (κ2) is 5.86. The molecule has 1 atom stereocenters. The number of rotatable bonds is 3. The molecule has 0 radical (unpaired) electrons. The number of carbonyl (C=O) groups excluding carboxylic acids is 1. The first-order chi connectivity index (χ1) is 9.74. The molecule has 0 aromatic heterocycles. The molecule has 0 aliphatic carbocycles. The van der Waals surface area contributed by atoms with Gasteiger partial charge in [-0.05, 0) is 12.5 Å². The predicted molar refractivity (Wildman–Crippen MR) is 70.7 cm³/mol. The van der Waals surface area contributed by atoms with E-state index in [4.69, 9.17) is 15.4 Å². The van der Waals surface area contributed by atoms with Gasteiger partial charge < -0.3 is 9.64 Å². The van der Waals surface area contributed by atoms with Gasteiger partial charge in [-0.25, -0.2) is 17.2 Å². The van der Waals surface area contributed by atoms with Gasteiger partial charge in [-0.3, -0.25) is 4.79 Å². The van der Waals surface area contributed by atoms with Crippen molar-refractivity contribution in [1.29, 1.82) is 0 Å². The first-order valence-corrected chi connectivity index (χ1v) is 8.30. The van der Waals surface area contributed by atoms with Crippen LogP contribution in [0.25, 0.3) is 0 Å². The molecule has 1 aromatic carbocycles. The van der Waals surface area contributed by atoms with Crippen molar-refractivity contribution in [3.63, 3.8) is 0 Å². The Morgan fingerprint density at radius 2 is 2.05 bits per heavy atom. The number of nitrogens with zero attached hydrogens (tertiary/aromatic N) is 1. The van der Waals surface area contributed by atoms with E-state index in [0.717, 1.165) is 0 Å². The van der Waals surface area contributed by atoms with Crippen molar-refractivity contribution in [2.24, 2.45) is 0 Å². The van der Waals surface area contributed by atoms with Crippen LogP contribution in [0.3, 0.4) is 0 Å². The molecule has 1 aliphatic rings. The molecule has 1 saturated heterocycles. The van der Waals surface area contributed by atoms with Gasteiger partial charge in [0.1, 0.15) is 16.5 Å². The zero-order chi connectivity index (χ0) is 15.8. The van der Waals surface area contributed by atoms with Crippen LogP contribution in [-0.4, -0.2) is 45.5 Å². The van der Waals surface area contributed by atoms with Gasteiger partial charge in [0.2, 0.25) is 0 Å². The van der Waals surface area contributed by atoms with E-state index in [-0.39, 0.29) is 12.6 Å². The fraction of sp³-hybridized carbons (Fsp3) is 0.417. The number of halogens is 3. The van der Waals surface area contributed by atoms with Crippen LogP contribution in [0.5, 0.6) is 0 Å². The summed E-state index contributed by atoms with van der Waals surface area (Å²) >= 11 is 0. The topological polar surface area (TPSA) is 63.7 Å². The molecule has 2 rings (SSSR count). The van der Waals surface area contributed by atoms with Crippen LogP contribution < -0.4 is 0 Å². The Hall–Kier alpha value is -1.25. The van der Waals surface area contributed by atoms with Gasteiger partial charge in [0.25, 0.3) is 15.0 Å². The molecule has 0 N–H and O–H groups in total. The monoisotopic (exact) mass is 339 g/mol. The van der Waals surface area contributed by atoms with E-state index in [1.807, 2.05) is 0 Å². The van der Waals surface area contributed by atoms with Crippen LogP contribution in [0.15, 0.2) is 17.0 Å². The Kier molecular flexibility index (Phi) is 4.50. The lowest BCUT2D eigenvalue weighted by atomic mass is 10.2. The first-order valence-electron chi connectivity index (χ1n) is 6.00. The van der Waals surface area contributed by atoms with E-state index in [2.05, 4.69) is 0 Å². The smallest absolute Gasteiger partial charge is 0.264 e. The number of hydrogen-bond acceptors (Lipinski definition) is 4. The van der Waals surface area contributed by atoms with Crippen molar-refractivity contribution >= 4 is 25.6 Å². The van der Waals surface area contributed by atoms with Gasteiger partial charge in [-0.2, -0.15) is 0 Å². The maximum atomic E-state index is 13.7. The van der Waals surface area contributed by atoms with Crippen molar-refractivity contribution in [1.82, 2.24) is 4.90 Å². The second-order valence-corrected chi connectivity index (χ2v) is 7.13. The molecule has 5 nitrogen and oxygen atoms in total. The van der Waals surface area contributed by atoms with Gasteiger partial charge in [0.05, 0.1) is 11.7 Å². The van der Waals surface area contributed by atoms with E-state index in [9.17, 15) is 22.0 Å². The summed E-state index contributed by atoms with van der Waals surface area (Å²) in [6.07, 6.45) is 0.430.